The van der Waals surface area contributed by atoms with Gasteiger partial charge in [-0.05, 0) is 78.9 Å². The van der Waals surface area contributed by atoms with Crippen LogP contribution in [-0.2, 0) is 6.42 Å². The minimum Gasteiger partial charge on any atom is -0.269 e. The van der Waals surface area contributed by atoms with Gasteiger partial charge in [0.25, 0.3) is 23.6 Å². The molecule has 2 atom stereocenters. The van der Waals surface area contributed by atoms with Crippen molar-refractivity contribution in [2.75, 3.05) is 0 Å². The highest BCUT2D eigenvalue weighted by molar-refractivity contribution is 6.42. The predicted octanol–water partition coefficient (Wildman–Crippen LogP) is 9.07. The van der Waals surface area contributed by atoms with E-state index in [0.29, 0.717) is 54.2 Å². The normalized spacial score (nSPS) is 15.1. The number of aryl methyl sites for hydroxylation is 2. The van der Waals surface area contributed by atoms with Crippen molar-refractivity contribution in [2.45, 2.75) is 46.2 Å². The number of imide groups is 2. The average Bonchev–Trinajstić information content (AvgIpc) is 3.18. The van der Waals surface area contributed by atoms with Gasteiger partial charge >= 0.3 is 0 Å². The largest absolute Gasteiger partial charge is 0.269 e. The van der Waals surface area contributed by atoms with Crippen molar-refractivity contribution in [2.24, 2.45) is 0 Å². The number of nitriles is 2. The van der Waals surface area contributed by atoms with Crippen molar-refractivity contribution in [1.82, 2.24) is 9.80 Å². The van der Waals surface area contributed by atoms with Gasteiger partial charge in [0.2, 0.25) is 0 Å². The second-order valence-corrected chi connectivity index (χ2v) is 14.1. The lowest BCUT2D eigenvalue weighted by Gasteiger charge is -2.34. The van der Waals surface area contributed by atoms with E-state index in [-0.39, 0.29) is 22.3 Å². The summed E-state index contributed by atoms with van der Waals surface area (Å²) in [5.74, 6) is -1.93. The van der Waals surface area contributed by atoms with Crippen LogP contribution in [0.4, 0.5) is 0 Å². The molecule has 7 aromatic carbocycles. The molecule has 2 heterocycles. The molecule has 0 radical (unpaired) electrons. The minimum absolute atomic E-state index is 0.209. The molecule has 0 aromatic heterocycles. The number of fused-ring (bicyclic) bond motifs is 2. The fraction of sp³-hybridized carbons (Fsp3) is 0.156. The molecular formula is C45H30N4O4. The van der Waals surface area contributed by atoms with Crippen LogP contribution in [0, 0.1) is 29.6 Å². The van der Waals surface area contributed by atoms with E-state index in [1.54, 1.807) is 36.4 Å². The first-order chi connectivity index (χ1) is 25.6. The van der Waals surface area contributed by atoms with E-state index in [1.807, 2.05) is 69.3 Å². The van der Waals surface area contributed by atoms with Gasteiger partial charge in [-0.3, -0.25) is 29.0 Å². The zero-order chi connectivity index (χ0) is 37.0. The zero-order valence-electron chi connectivity index (χ0n) is 29.4. The maximum absolute atomic E-state index is 14.4. The molecule has 0 saturated heterocycles. The van der Waals surface area contributed by atoms with E-state index >= 15 is 0 Å². The van der Waals surface area contributed by atoms with Crippen molar-refractivity contribution in [3.05, 3.63) is 141 Å². The van der Waals surface area contributed by atoms with Crippen LogP contribution in [0.1, 0.15) is 108 Å². The number of carbonyl (C=O) groups is 4. The summed E-state index contributed by atoms with van der Waals surface area (Å²) >= 11 is 0. The predicted molar refractivity (Wildman–Crippen MR) is 202 cm³/mol. The molecule has 2 aliphatic rings. The molecule has 9 rings (SSSR count). The number of carbonyl (C=O) groups excluding carboxylic acids is 4. The first-order valence-electron chi connectivity index (χ1n) is 17.6. The van der Waals surface area contributed by atoms with Gasteiger partial charge in [-0.1, -0.05) is 73.2 Å². The molecule has 0 aliphatic carbocycles. The van der Waals surface area contributed by atoms with Gasteiger partial charge in [-0.2, -0.15) is 10.5 Å². The molecule has 53 heavy (non-hydrogen) atoms. The van der Waals surface area contributed by atoms with Crippen molar-refractivity contribution >= 4 is 66.7 Å². The van der Waals surface area contributed by atoms with Crippen molar-refractivity contribution in [1.29, 1.82) is 10.5 Å². The first-order valence-corrected chi connectivity index (χ1v) is 17.6. The molecule has 8 heteroatoms. The van der Waals surface area contributed by atoms with Crippen molar-refractivity contribution < 1.29 is 19.2 Å². The van der Waals surface area contributed by atoms with Crippen molar-refractivity contribution in [3.8, 4) is 12.1 Å². The van der Waals surface area contributed by atoms with Gasteiger partial charge in [0.15, 0.2) is 0 Å². The van der Waals surface area contributed by atoms with Gasteiger partial charge in [-0.15, -0.1) is 0 Å². The Morgan fingerprint density at radius 1 is 0.528 bits per heavy atom. The number of nitrogens with zero attached hydrogens (tertiary/aromatic N) is 4. The molecule has 8 nitrogen and oxygen atoms in total. The summed E-state index contributed by atoms with van der Waals surface area (Å²) in [6.07, 6.45) is 0.860. The summed E-state index contributed by atoms with van der Waals surface area (Å²) in [5.41, 5.74) is 5.31. The molecule has 0 fully saturated rings. The molecule has 0 bridgehead atoms. The lowest BCUT2D eigenvalue weighted by Crippen LogP contribution is -2.42. The lowest BCUT2D eigenvalue weighted by atomic mass is 9.79. The van der Waals surface area contributed by atoms with Crippen LogP contribution >= 0.6 is 0 Å². The topological polar surface area (TPSA) is 122 Å². The van der Waals surface area contributed by atoms with Crippen LogP contribution in [0.3, 0.4) is 0 Å². The third-order valence-electron chi connectivity index (χ3n) is 11.3. The molecule has 4 amide bonds. The molecule has 254 valence electrons. The van der Waals surface area contributed by atoms with E-state index in [9.17, 15) is 29.7 Å². The summed E-state index contributed by atoms with van der Waals surface area (Å²) < 4.78 is 0. The van der Waals surface area contributed by atoms with Crippen LogP contribution in [0.5, 0.6) is 0 Å². The van der Waals surface area contributed by atoms with Crippen LogP contribution in [-0.4, -0.2) is 33.4 Å². The maximum Gasteiger partial charge on any atom is 0.262 e. The molecule has 0 spiro atoms. The molecule has 0 saturated carbocycles. The van der Waals surface area contributed by atoms with Crippen LogP contribution in [0.15, 0.2) is 84.9 Å². The van der Waals surface area contributed by atoms with E-state index in [4.69, 9.17) is 0 Å². The van der Waals surface area contributed by atoms with E-state index in [0.717, 1.165) is 28.7 Å². The molecule has 7 aromatic rings. The SMILES string of the molecule is CCc1ccc(C(C)N2C(=O)c3ccc4c5c(C#N)cc6c7c(ccc(c8c(C#N)cc(c3c48)C2=O)c75)C(=O)N(C(C)c2ccc(C)cc2)C6=O)cc1. The Kier molecular flexibility index (Phi) is 6.83. The minimum atomic E-state index is -0.577. The number of amides is 4. The molecule has 2 unspecified atom stereocenters. The third-order valence-corrected chi connectivity index (χ3v) is 11.3. The lowest BCUT2D eigenvalue weighted by molar-refractivity contribution is 0.0534. The van der Waals surface area contributed by atoms with Crippen molar-refractivity contribution in [3.63, 3.8) is 0 Å². The fourth-order valence-electron chi connectivity index (χ4n) is 8.56. The summed E-state index contributed by atoms with van der Waals surface area (Å²) in [6, 6.07) is 28.9. The summed E-state index contributed by atoms with van der Waals surface area (Å²) in [4.78, 5) is 59.8. The second kappa shape index (κ2) is 11.3. The van der Waals surface area contributed by atoms with Gasteiger partial charge in [0, 0.05) is 43.4 Å². The van der Waals surface area contributed by atoms with E-state index in [1.165, 1.54) is 9.80 Å². The maximum atomic E-state index is 14.4. The number of benzene rings is 7. The summed E-state index contributed by atoms with van der Waals surface area (Å²) in [6.45, 7) is 7.65. The molecule has 2 aliphatic heterocycles. The Balaban J connectivity index is 1.31. The number of hydrogen-bond donors (Lipinski definition) is 0. The fourth-order valence-corrected chi connectivity index (χ4v) is 8.56. The van der Waals surface area contributed by atoms with Gasteiger partial charge in [-0.25, -0.2) is 0 Å². The highest BCUT2D eigenvalue weighted by Crippen LogP contribution is 2.49. The number of rotatable bonds is 5. The average molecular weight is 691 g/mol. The Morgan fingerprint density at radius 3 is 1.32 bits per heavy atom. The van der Waals surface area contributed by atoms with Crippen LogP contribution < -0.4 is 0 Å². The first kappa shape index (κ1) is 32.0. The van der Waals surface area contributed by atoms with E-state index < -0.39 is 35.7 Å². The van der Waals surface area contributed by atoms with Crippen LogP contribution in [0.25, 0.3) is 43.1 Å². The Labute approximate surface area is 304 Å². The Hall–Kier alpha value is -6.90. The second-order valence-electron chi connectivity index (χ2n) is 14.1. The zero-order valence-corrected chi connectivity index (χ0v) is 29.4. The highest BCUT2D eigenvalue weighted by Gasteiger charge is 2.41. The molecule has 0 N–H and O–H groups in total. The summed E-state index contributed by atoms with van der Waals surface area (Å²) in [5, 5.41) is 25.3. The van der Waals surface area contributed by atoms with Gasteiger partial charge < -0.3 is 0 Å². The van der Waals surface area contributed by atoms with Gasteiger partial charge in [0.05, 0.1) is 46.5 Å². The number of hydrogen-bond acceptors (Lipinski definition) is 6. The molecular weight excluding hydrogens is 661 g/mol. The standard InChI is InChI=1S/C45H30N4O4/c1-5-25-8-12-27(13-9-25)24(4)49-43(51)33-17-15-31-36-28(20-46)18-34-38-32(42(50)48(44(34)52)23(3)26-10-6-22(2)7-11-26)16-14-30(40(36)38)37-29(21-47)19-35(45(49)53)39(33)41(31)37/h6-19,23-24H,5H2,1-4H3. The summed E-state index contributed by atoms with van der Waals surface area (Å²) in [7, 11) is 0. The Bertz CT molecular complexity index is 2910. The van der Waals surface area contributed by atoms with Crippen LogP contribution in [0.2, 0.25) is 0 Å². The monoisotopic (exact) mass is 690 g/mol. The quantitative estimate of drug-likeness (QED) is 0.101. The highest BCUT2D eigenvalue weighted by atomic mass is 16.2. The van der Waals surface area contributed by atoms with E-state index in [2.05, 4.69) is 19.1 Å². The Morgan fingerprint density at radius 2 is 0.925 bits per heavy atom. The smallest absolute Gasteiger partial charge is 0.262 e. The van der Waals surface area contributed by atoms with Gasteiger partial charge in [0.1, 0.15) is 0 Å². The third kappa shape index (κ3) is 4.21.